The van der Waals surface area contributed by atoms with Crippen molar-refractivity contribution in [2.45, 2.75) is 13.5 Å². The zero-order valence-electron chi connectivity index (χ0n) is 15.7. The Hall–Kier alpha value is -2.44. The molecule has 0 amide bonds. The van der Waals surface area contributed by atoms with Gasteiger partial charge in [0.2, 0.25) is 0 Å². The lowest BCUT2D eigenvalue weighted by Gasteiger charge is -2.10. The van der Waals surface area contributed by atoms with Gasteiger partial charge in [-0.25, -0.2) is 9.97 Å². The number of hydrogen-bond donors (Lipinski definition) is 0. The highest BCUT2D eigenvalue weighted by Gasteiger charge is 2.18. The number of aromatic nitrogens is 3. The highest BCUT2D eigenvalue weighted by Crippen LogP contribution is 2.36. The molecule has 0 atom stereocenters. The van der Waals surface area contributed by atoms with Gasteiger partial charge in [-0.1, -0.05) is 40.2 Å². The van der Waals surface area contributed by atoms with Crippen molar-refractivity contribution in [1.29, 1.82) is 0 Å². The molecule has 2 aromatic heterocycles. The van der Waals surface area contributed by atoms with Gasteiger partial charge < -0.3 is 9.30 Å². The van der Waals surface area contributed by atoms with E-state index in [1.807, 2.05) is 43.3 Å². The number of para-hydroxylation sites is 2. The van der Waals surface area contributed by atoms with Crippen molar-refractivity contribution >= 4 is 65.0 Å². The van der Waals surface area contributed by atoms with Gasteiger partial charge in [0.15, 0.2) is 5.65 Å². The van der Waals surface area contributed by atoms with Gasteiger partial charge in [-0.3, -0.25) is 0 Å². The molecule has 0 unspecified atom stereocenters. The average molecular weight is 511 g/mol. The van der Waals surface area contributed by atoms with Crippen molar-refractivity contribution in [3.05, 3.63) is 75.2 Å². The van der Waals surface area contributed by atoms with Crippen molar-refractivity contribution in [2.24, 2.45) is 0 Å². The van der Waals surface area contributed by atoms with E-state index in [1.165, 1.54) is 5.56 Å². The zero-order chi connectivity index (χ0) is 20.0. The third-order valence-electron chi connectivity index (χ3n) is 4.94. The number of fused-ring (bicyclic) bond motifs is 4. The van der Waals surface area contributed by atoms with E-state index in [2.05, 4.69) is 60.7 Å². The Labute approximate surface area is 184 Å². The van der Waals surface area contributed by atoms with E-state index in [-0.39, 0.29) is 0 Å². The Kier molecular flexibility index (Phi) is 4.76. The summed E-state index contributed by atoms with van der Waals surface area (Å²) in [5.74, 6) is 0.884. The van der Waals surface area contributed by atoms with Crippen LogP contribution in [-0.2, 0) is 6.54 Å². The monoisotopic (exact) mass is 509 g/mol. The average Bonchev–Trinajstić information content (AvgIpc) is 3.01. The Bertz CT molecular complexity index is 1360. The second-order valence-corrected chi connectivity index (χ2v) is 8.60. The van der Waals surface area contributed by atoms with Gasteiger partial charge in [0.1, 0.15) is 11.3 Å². The summed E-state index contributed by atoms with van der Waals surface area (Å²) in [6.07, 6.45) is 0. The minimum absolute atomic E-state index is 0.663. The molecule has 5 rings (SSSR count). The van der Waals surface area contributed by atoms with Gasteiger partial charge in [0, 0.05) is 20.9 Å². The van der Waals surface area contributed by atoms with Crippen molar-refractivity contribution in [2.75, 3.05) is 6.61 Å². The second kappa shape index (κ2) is 7.43. The van der Waals surface area contributed by atoms with Crippen LogP contribution in [0.2, 0.25) is 0 Å². The summed E-state index contributed by atoms with van der Waals surface area (Å²) in [5, 5.41) is 1.07. The largest absolute Gasteiger partial charge is 0.494 e. The number of nitrogens with zero attached hydrogens (tertiary/aromatic N) is 3. The molecule has 0 aliphatic rings. The summed E-state index contributed by atoms with van der Waals surface area (Å²) in [6.45, 7) is 3.35. The highest BCUT2D eigenvalue weighted by atomic mass is 79.9. The maximum Gasteiger partial charge on any atom is 0.160 e. The molecule has 2 heterocycles. The second-order valence-electron chi connectivity index (χ2n) is 6.83. The third kappa shape index (κ3) is 3.30. The fourth-order valence-corrected chi connectivity index (χ4v) is 5.12. The lowest BCUT2D eigenvalue weighted by Crippen LogP contribution is -2.02. The number of ether oxygens (including phenoxy) is 1. The Balaban J connectivity index is 1.76. The first-order chi connectivity index (χ1) is 14.1. The maximum absolute atomic E-state index is 5.58. The standard InChI is InChI=1S/C23H17Br2N3O/c1-2-29-16-9-7-14(8-10-16)13-28-22-17(11-15(24)12-18(22)25)21-23(28)27-20-6-4-3-5-19(20)26-21/h3-12H,2,13H2,1H3. The molecule has 0 bridgehead atoms. The number of halogens is 2. The molecule has 4 nitrogen and oxygen atoms in total. The predicted molar refractivity (Wildman–Crippen MR) is 125 cm³/mol. The summed E-state index contributed by atoms with van der Waals surface area (Å²) in [4.78, 5) is 9.91. The summed E-state index contributed by atoms with van der Waals surface area (Å²) in [5.41, 5.74) is 5.85. The van der Waals surface area contributed by atoms with Crippen LogP contribution in [0, 0.1) is 0 Å². The van der Waals surface area contributed by atoms with Crippen LogP contribution in [0.4, 0.5) is 0 Å². The van der Waals surface area contributed by atoms with E-state index >= 15 is 0 Å². The van der Waals surface area contributed by atoms with Crippen LogP contribution < -0.4 is 4.74 Å². The molecular formula is C23H17Br2N3O. The van der Waals surface area contributed by atoms with Crippen molar-refractivity contribution in [3.8, 4) is 5.75 Å². The molecule has 6 heteroatoms. The molecule has 0 aliphatic heterocycles. The summed E-state index contributed by atoms with van der Waals surface area (Å²) < 4.78 is 9.82. The first-order valence-corrected chi connectivity index (χ1v) is 11.0. The topological polar surface area (TPSA) is 39.9 Å². The fourth-order valence-electron chi connectivity index (χ4n) is 3.68. The minimum Gasteiger partial charge on any atom is -0.494 e. The maximum atomic E-state index is 5.58. The zero-order valence-corrected chi connectivity index (χ0v) is 18.9. The van der Waals surface area contributed by atoms with Gasteiger partial charge in [0.05, 0.1) is 23.2 Å². The Morgan fingerprint density at radius 2 is 1.66 bits per heavy atom. The number of hydrogen-bond acceptors (Lipinski definition) is 3. The lowest BCUT2D eigenvalue weighted by atomic mass is 10.2. The fraction of sp³-hybridized carbons (Fsp3) is 0.130. The molecular weight excluding hydrogens is 494 g/mol. The van der Waals surface area contributed by atoms with Crippen molar-refractivity contribution in [1.82, 2.24) is 14.5 Å². The molecule has 5 aromatic rings. The molecule has 0 saturated heterocycles. The number of benzene rings is 3. The molecule has 0 fully saturated rings. The number of rotatable bonds is 4. The van der Waals surface area contributed by atoms with Crippen LogP contribution >= 0.6 is 31.9 Å². The van der Waals surface area contributed by atoms with Crippen LogP contribution in [0.1, 0.15) is 12.5 Å². The van der Waals surface area contributed by atoms with Crippen LogP contribution in [0.15, 0.2) is 69.6 Å². The normalized spacial score (nSPS) is 11.6. The molecule has 0 saturated carbocycles. The molecule has 0 radical (unpaired) electrons. The molecule has 0 spiro atoms. The van der Waals surface area contributed by atoms with E-state index < -0.39 is 0 Å². The molecule has 0 aliphatic carbocycles. The van der Waals surface area contributed by atoms with Gasteiger partial charge >= 0.3 is 0 Å². The summed E-state index contributed by atoms with van der Waals surface area (Å²) in [7, 11) is 0. The van der Waals surface area contributed by atoms with Crippen molar-refractivity contribution in [3.63, 3.8) is 0 Å². The first-order valence-electron chi connectivity index (χ1n) is 9.39. The minimum atomic E-state index is 0.663. The lowest BCUT2D eigenvalue weighted by molar-refractivity contribution is 0.340. The SMILES string of the molecule is CCOc1ccc(Cn2c3nc4ccccc4nc3c3cc(Br)cc(Br)c32)cc1. The van der Waals surface area contributed by atoms with E-state index in [9.17, 15) is 0 Å². The Morgan fingerprint density at radius 1 is 0.931 bits per heavy atom. The van der Waals surface area contributed by atoms with Crippen LogP contribution in [-0.4, -0.2) is 21.1 Å². The molecule has 3 aromatic carbocycles. The van der Waals surface area contributed by atoms with E-state index in [1.54, 1.807) is 0 Å². The Morgan fingerprint density at radius 3 is 2.38 bits per heavy atom. The summed E-state index contributed by atoms with van der Waals surface area (Å²) >= 11 is 7.37. The van der Waals surface area contributed by atoms with Crippen LogP contribution in [0.5, 0.6) is 5.75 Å². The molecule has 0 N–H and O–H groups in total. The van der Waals surface area contributed by atoms with Gasteiger partial charge in [-0.2, -0.15) is 0 Å². The quantitative estimate of drug-likeness (QED) is 0.269. The van der Waals surface area contributed by atoms with Crippen molar-refractivity contribution < 1.29 is 4.74 Å². The van der Waals surface area contributed by atoms with Gasteiger partial charge in [0.25, 0.3) is 0 Å². The highest BCUT2D eigenvalue weighted by molar-refractivity contribution is 9.11. The predicted octanol–water partition coefficient (Wildman–Crippen LogP) is 6.71. The van der Waals surface area contributed by atoms with E-state index in [0.717, 1.165) is 47.8 Å². The smallest absolute Gasteiger partial charge is 0.160 e. The van der Waals surface area contributed by atoms with Gasteiger partial charge in [-0.15, -0.1) is 0 Å². The summed E-state index contributed by atoms with van der Waals surface area (Å²) in [6, 6.07) is 20.4. The molecule has 29 heavy (non-hydrogen) atoms. The molecule has 144 valence electrons. The van der Waals surface area contributed by atoms with Gasteiger partial charge in [-0.05, 0) is 64.8 Å². The third-order valence-corrected chi connectivity index (χ3v) is 6.00. The van der Waals surface area contributed by atoms with E-state index in [0.29, 0.717) is 13.2 Å². The first kappa shape index (κ1) is 18.6. The van der Waals surface area contributed by atoms with Crippen LogP contribution in [0.25, 0.3) is 33.1 Å². The van der Waals surface area contributed by atoms with Crippen LogP contribution in [0.3, 0.4) is 0 Å². The van der Waals surface area contributed by atoms with E-state index in [4.69, 9.17) is 14.7 Å².